The lowest BCUT2D eigenvalue weighted by atomic mass is 10.2. The molecule has 0 aromatic heterocycles. The molecule has 1 aliphatic rings. The van der Waals surface area contributed by atoms with Crippen LogP contribution in [-0.4, -0.2) is 11.6 Å². The summed E-state index contributed by atoms with van der Waals surface area (Å²) in [7, 11) is 0. The van der Waals surface area contributed by atoms with E-state index in [1.807, 2.05) is 0 Å². The van der Waals surface area contributed by atoms with Gasteiger partial charge < -0.3 is 0 Å². The molecule has 0 unspecified atom stereocenters. The number of nitriles is 1. The lowest BCUT2D eigenvalue weighted by Gasteiger charge is -2.04. The molecule has 57 valence electrons. The van der Waals surface area contributed by atoms with Gasteiger partial charge in [-0.25, -0.2) is 0 Å². The Hall–Kier alpha value is -1.44. The second-order valence-electron chi connectivity index (χ2n) is 2.06. The fraction of sp³-hybridized carbons (Fsp3) is 0.333. The predicted molar refractivity (Wildman–Crippen MR) is 33.9 cm³/mol. The van der Waals surface area contributed by atoms with Crippen molar-refractivity contribution in [3.05, 3.63) is 11.8 Å². The largest absolute Gasteiger partial charge is 0.375 e. The average molecular weight is 156 g/mol. The number of allylic oxidation sites excluding steroid dienone is 2. The van der Waals surface area contributed by atoms with Crippen molar-refractivity contribution in [2.24, 2.45) is 5.10 Å². The van der Waals surface area contributed by atoms with Gasteiger partial charge in [-0.15, -0.1) is 5.43 Å². The molecule has 0 aromatic rings. The molecule has 0 spiro atoms. The van der Waals surface area contributed by atoms with Crippen molar-refractivity contribution in [2.75, 3.05) is 0 Å². The first-order chi connectivity index (χ1) is 5.06. The van der Waals surface area contributed by atoms with Gasteiger partial charge in [-0.3, -0.25) is 0 Å². The molecule has 0 amide bonds. The summed E-state index contributed by atoms with van der Waals surface area (Å²) in [5.74, 6) is -3.51. The zero-order valence-corrected chi connectivity index (χ0v) is 5.67. The van der Waals surface area contributed by atoms with Crippen molar-refractivity contribution < 1.29 is 8.78 Å². The molecular formula is C6H4F2N3. The Morgan fingerprint density at radius 2 is 2.27 bits per heavy atom. The molecule has 0 aliphatic carbocycles. The Morgan fingerprint density at radius 3 is 2.64 bits per heavy atom. The highest BCUT2D eigenvalue weighted by Gasteiger charge is 2.37. The van der Waals surface area contributed by atoms with Gasteiger partial charge in [-0.2, -0.15) is 19.1 Å². The number of alkyl halides is 2. The molecule has 11 heavy (non-hydrogen) atoms. The van der Waals surface area contributed by atoms with Gasteiger partial charge in [0.15, 0.2) is 0 Å². The van der Waals surface area contributed by atoms with E-state index in [9.17, 15) is 8.78 Å². The Kier molecular flexibility index (Phi) is 1.61. The molecule has 1 radical (unpaired) electrons. The van der Waals surface area contributed by atoms with Crippen molar-refractivity contribution in [1.29, 1.82) is 5.26 Å². The third-order valence-corrected chi connectivity index (χ3v) is 1.12. The van der Waals surface area contributed by atoms with E-state index in [2.05, 4.69) is 10.5 Å². The normalized spacial score (nSPS) is 16.5. The van der Waals surface area contributed by atoms with Crippen LogP contribution in [-0.2, 0) is 0 Å². The minimum absolute atomic E-state index is 0.384. The molecule has 0 fully saturated rings. The summed E-state index contributed by atoms with van der Waals surface area (Å²) in [6.45, 7) is 1.53. The summed E-state index contributed by atoms with van der Waals surface area (Å²) in [5, 5.41) is 11.3. The van der Waals surface area contributed by atoms with E-state index in [1.54, 1.807) is 0 Å². The molecule has 0 atom stereocenters. The van der Waals surface area contributed by atoms with Gasteiger partial charge in [0.25, 0.3) is 0 Å². The van der Waals surface area contributed by atoms with Gasteiger partial charge in [-0.1, -0.05) is 0 Å². The van der Waals surface area contributed by atoms with Crippen LogP contribution in [0.15, 0.2) is 16.9 Å². The van der Waals surface area contributed by atoms with E-state index >= 15 is 0 Å². The lowest BCUT2D eigenvalue weighted by molar-refractivity contribution is 0.0980. The summed E-state index contributed by atoms with van der Waals surface area (Å²) in [6, 6.07) is 0.835. The zero-order chi connectivity index (χ0) is 8.48. The van der Waals surface area contributed by atoms with Crippen LogP contribution in [0.3, 0.4) is 0 Å². The number of nitrogens with zero attached hydrogens (tertiary/aromatic N) is 3. The van der Waals surface area contributed by atoms with Crippen molar-refractivity contribution >= 4 is 5.71 Å². The Balaban J connectivity index is 2.83. The molecule has 0 saturated carbocycles. The van der Waals surface area contributed by atoms with Gasteiger partial charge in [0.05, 0.1) is 5.71 Å². The number of halogens is 2. The van der Waals surface area contributed by atoms with E-state index < -0.39 is 11.6 Å². The van der Waals surface area contributed by atoms with E-state index in [4.69, 9.17) is 5.26 Å². The monoisotopic (exact) mass is 156 g/mol. The number of rotatable bonds is 1. The van der Waals surface area contributed by atoms with Crippen molar-refractivity contribution in [3.63, 3.8) is 0 Å². The summed E-state index contributed by atoms with van der Waals surface area (Å²) >= 11 is 0. The van der Waals surface area contributed by atoms with Crippen LogP contribution in [0.5, 0.6) is 0 Å². The first-order valence-electron chi connectivity index (χ1n) is 2.83. The highest BCUT2D eigenvalue weighted by Crippen LogP contribution is 2.23. The van der Waals surface area contributed by atoms with Crippen LogP contribution < -0.4 is 5.43 Å². The second kappa shape index (κ2) is 2.31. The van der Waals surface area contributed by atoms with E-state index in [1.165, 1.54) is 6.92 Å². The summed E-state index contributed by atoms with van der Waals surface area (Å²) < 4.78 is 24.9. The van der Waals surface area contributed by atoms with Crippen LogP contribution in [0.25, 0.3) is 0 Å². The number of hydrogen-bond acceptors (Lipinski definition) is 2. The standard InChI is InChI=1S/C6H4F2N3/c1-4-2-5(11-10-4)6(7,8)3-9/h2H,1H3. The SMILES string of the molecule is CC1=N[N]C(C(F)(F)C#N)=C1. The maximum Gasteiger partial charge on any atom is 0.375 e. The van der Waals surface area contributed by atoms with E-state index in [0.29, 0.717) is 5.71 Å². The van der Waals surface area contributed by atoms with E-state index in [0.717, 1.165) is 12.1 Å². The van der Waals surface area contributed by atoms with Gasteiger partial charge in [0.1, 0.15) is 11.8 Å². The highest BCUT2D eigenvalue weighted by atomic mass is 19.3. The summed E-state index contributed by atoms with van der Waals surface area (Å²) in [4.78, 5) is 0. The fourth-order valence-electron chi connectivity index (χ4n) is 0.599. The maximum atomic E-state index is 12.4. The summed E-state index contributed by atoms with van der Waals surface area (Å²) in [6.07, 6.45) is 1.09. The van der Waals surface area contributed by atoms with Crippen molar-refractivity contribution in [2.45, 2.75) is 12.8 Å². The van der Waals surface area contributed by atoms with Gasteiger partial charge >= 0.3 is 5.92 Å². The molecule has 3 nitrogen and oxygen atoms in total. The minimum Gasteiger partial charge on any atom is -0.191 e. The predicted octanol–water partition coefficient (Wildman–Crippen LogP) is 1.02. The fourth-order valence-corrected chi connectivity index (χ4v) is 0.599. The molecule has 0 bridgehead atoms. The molecule has 0 saturated heterocycles. The Labute approximate surface area is 62.0 Å². The quantitative estimate of drug-likeness (QED) is 0.559. The Morgan fingerprint density at radius 1 is 1.64 bits per heavy atom. The van der Waals surface area contributed by atoms with Crippen molar-refractivity contribution in [3.8, 4) is 6.07 Å². The topological polar surface area (TPSA) is 50.2 Å². The van der Waals surface area contributed by atoms with Crippen LogP contribution in [0.1, 0.15) is 6.92 Å². The van der Waals surface area contributed by atoms with Crippen LogP contribution in [0, 0.1) is 11.3 Å². The second-order valence-corrected chi connectivity index (χ2v) is 2.06. The van der Waals surface area contributed by atoms with Crippen LogP contribution in [0.4, 0.5) is 8.78 Å². The first-order valence-corrected chi connectivity index (χ1v) is 2.83. The molecule has 0 N–H and O–H groups in total. The Bertz CT molecular complexity index is 272. The highest BCUT2D eigenvalue weighted by molar-refractivity contribution is 5.95. The maximum absolute atomic E-state index is 12.4. The zero-order valence-electron chi connectivity index (χ0n) is 5.67. The summed E-state index contributed by atoms with van der Waals surface area (Å²) in [5.41, 5.74) is 2.93. The lowest BCUT2D eigenvalue weighted by Crippen LogP contribution is -2.19. The van der Waals surface area contributed by atoms with Gasteiger partial charge in [0, 0.05) is 0 Å². The van der Waals surface area contributed by atoms with Gasteiger partial charge in [-0.05, 0) is 13.0 Å². The first kappa shape index (κ1) is 7.66. The molecule has 1 aliphatic heterocycles. The molecule has 5 heteroatoms. The third kappa shape index (κ3) is 1.34. The van der Waals surface area contributed by atoms with Crippen LogP contribution >= 0.6 is 0 Å². The minimum atomic E-state index is -3.51. The average Bonchev–Trinajstić information content (AvgIpc) is 2.36. The van der Waals surface area contributed by atoms with Gasteiger partial charge in [0.2, 0.25) is 0 Å². The third-order valence-electron chi connectivity index (χ3n) is 1.12. The number of hydrogen-bond donors (Lipinski definition) is 0. The smallest absolute Gasteiger partial charge is 0.191 e. The molecular weight excluding hydrogens is 152 g/mol. The molecule has 0 aromatic carbocycles. The molecule has 1 heterocycles. The van der Waals surface area contributed by atoms with Crippen molar-refractivity contribution in [1.82, 2.24) is 5.43 Å². The van der Waals surface area contributed by atoms with E-state index in [-0.39, 0.29) is 0 Å². The molecule has 1 rings (SSSR count). The van der Waals surface area contributed by atoms with Crippen LogP contribution in [0.2, 0.25) is 0 Å².